The number of aromatic nitrogens is 1. The molecule has 20 heavy (non-hydrogen) atoms. The summed E-state index contributed by atoms with van der Waals surface area (Å²) < 4.78 is 0. The van der Waals surface area contributed by atoms with Gasteiger partial charge in [-0.25, -0.2) is 0 Å². The van der Waals surface area contributed by atoms with Gasteiger partial charge in [0.2, 0.25) is 0 Å². The van der Waals surface area contributed by atoms with Crippen molar-refractivity contribution in [3.63, 3.8) is 0 Å². The molecule has 0 bridgehead atoms. The highest BCUT2D eigenvalue weighted by atomic mass is 16.6. The van der Waals surface area contributed by atoms with Crippen LogP contribution >= 0.6 is 0 Å². The summed E-state index contributed by atoms with van der Waals surface area (Å²) in [6.07, 6.45) is 1.45. The predicted octanol–water partition coefficient (Wildman–Crippen LogP) is 1.90. The maximum absolute atomic E-state index is 11.2. The first-order valence-corrected chi connectivity index (χ1v) is 6.13. The van der Waals surface area contributed by atoms with Crippen LogP contribution in [0.15, 0.2) is 6.20 Å². The van der Waals surface area contributed by atoms with Gasteiger partial charge in [0, 0.05) is 23.9 Å². The topological polar surface area (TPSA) is 96.6 Å². The van der Waals surface area contributed by atoms with E-state index in [1.807, 2.05) is 0 Å². The third-order valence-corrected chi connectivity index (χ3v) is 3.62. The number of carboxylic acids is 1. The van der Waals surface area contributed by atoms with Crippen molar-refractivity contribution in [2.24, 2.45) is 0 Å². The highest BCUT2D eigenvalue weighted by Crippen LogP contribution is 2.26. The number of carbonyl (C=O) groups is 1. The van der Waals surface area contributed by atoms with Crippen molar-refractivity contribution >= 4 is 11.7 Å². The molecule has 7 nitrogen and oxygen atoms in total. The zero-order valence-electron chi connectivity index (χ0n) is 12.3. The van der Waals surface area contributed by atoms with Crippen LogP contribution in [0.1, 0.15) is 30.7 Å². The summed E-state index contributed by atoms with van der Waals surface area (Å²) in [5.41, 5.74) is 0.448. The molecule has 1 N–H and O–H groups in total. The van der Waals surface area contributed by atoms with Gasteiger partial charge in [0.05, 0.1) is 10.6 Å². The van der Waals surface area contributed by atoms with E-state index in [1.165, 1.54) is 6.20 Å². The fourth-order valence-corrected chi connectivity index (χ4v) is 1.79. The standard InChI is InChI=1S/C13H19N3O4/c1-8-6-14-10(9(2)11(8)16(19)20)7-15(5)13(3,4)12(17)18/h6H,7H2,1-5H3,(H,17,18). The Morgan fingerprint density at radius 1 is 1.50 bits per heavy atom. The SMILES string of the molecule is Cc1cnc(CN(C)C(C)(C)C(=O)O)c(C)c1[N+](=O)[O-]. The van der Waals surface area contributed by atoms with E-state index in [0.29, 0.717) is 16.8 Å². The van der Waals surface area contributed by atoms with Gasteiger partial charge in [0.25, 0.3) is 5.69 Å². The second-order valence-electron chi connectivity index (χ2n) is 5.34. The largest absolute Gasteiger partial charge is 0.480 e. The molecule has 0 aliphatic carbocycles. The van der Waals surface area contributed by atoms with Crippen molar-refractivity contribution in [2.45, 2.75) is 39.8 Å². The highest BCUT2D eigenvalue weighted by molar-refractivity contribution is 5.77. The van der Waals surface area contributed by atoms with E-state index in [1.54, 1.807) is 39.6 Å². The van der Waals surface area contributed by atoms with Crippen molar-refractivity contribution in [1.82, 2.24) is 9.88 Å². The molecule has 1 rings (SSSR count). The van der Waals surface area contributed by atoms with Crippen molar-refractivity contribution < 1.29 is 14.8 Å². The summed E-state index contributed by atoms with van der Waals surface area (Å²) in [5, 5.41) is 20.2. The van der Waals surface area contributed by atoms with Crippen molar-refractivity contribution in [3.05, 3.63) is 33.1 Å². The molecule has 1 aromatic heterocycles. The smallest absolute Gasteiger partial charge is 0.323 e. The minimum absolute atomic E-state index is 0.0385. The van der Waals surface area contributed by atoms with Crippen LogP contribution in [0, 0.1) is 24.0 Å². The molecule has 1 aromatic rings. The number of pyridine rings is 1. The van der Waals surface area contributed by atoms with E-state index in [2.05, 4.69) is 4.98 Å². The molecule has 0 aliphatic rings. The maximum Gasteiger partial charge on any atom is 0.323 e. The molecular formula is C13H19N3O4. The van der Waals surface area contributed by atoms with Gasteiger partial charge in [-0.1, -0.05) is 0 Å². The maximum atomic E-state index is 11.2. The third-order valence-electron chi connectivity index (χ3n) is 3.62. The Morgan fingerprint density at radius 3 is 2.50 bits per heavy atom. The fraction of sp³-hybridized carbons (Fsp3) is 0.538. The van der Waals surface area contributed by atoms with Crippen LogP contribution in [0.25, 0.3) is 0 Å². The van der Waals surface area contributed by atoms with E-state index >= 15 is 0 Å². The van der Waals surface area contributed by atoms with Crippen molar-refractivity contribution in [3.8, 4) is 0 Å². The number of nitro groups is 1. The summed E-state index contributed by atoms with van der Waals surface area (Å²) in [4.78, 5) is 27.6. The number of nitrogens with zero attached hydrogens (tertiary/aromatic N) is 3. The Labute approximate surface area is 117 Å². The van der Waals surface area contributed by atoms with Crippen LogP contribution in [0.4, 0.5) is 5.69 Å². The molecule has 110 valence electrons. The third kappa shape index (κ3) is 2.93. The number of aryl methyl sites for hydroxylation is 1. The zero-order chi connectivity index (χ0) is 15.7. The molecule has 0 aromatic carbocycles. The summed E-state index contributed by atoms with van der Waals surface area (Å²) in [6, 6.07) is 0. The first-order valence-electron chi connectivity index (χ1n) is 6.13. The number of likely N-dealkylation sites (N-methyl/N-ethyl adjacent to an activating group) is 1. The second-order valence-corrected chi connectivity index (χ2v) is 5.34. The number of hydrogen-bond acceptors (Lipinski definition) is 5. The van der Waals surface area contributed by atoms with Gasteiger partial charge < -0.3 is 5.11 Å². The van der Waals surface area contributed by atoms with E-state index in [9.17, 15) is 20.0 Å². The zero-order valence-corrected chi connectivity index (χ0v) is 12.3. The van der Waals surface area contributed by atoms with E-state index < -0.39 is 16.4 Å². The normalized spacial score (nSPS) is 11.7. The van der Waals surface area contributed by atoms with Gasteiger partial charge in [0.1, 0.15) is 5.54 Å². The lowest BCUT2D eigenvalue weighted by Gasteiger charge is -2.31. The molecule has 0 amide bonds. The van der Waals surface area contributed by atoms with Crippen LogP contribution in [0.2, 0.25) is 0 Å². The average Bonchev–Trinajstić information content (AvgIpc) is 2.31. The van der Waals surface area contributed by atoms with Gasteiger partial charge in [-0.3, -0.25) is 24.8 Å². The molecule has 0 atom stereocenters. The van der Waals surface area contributed by atoms with Gasteiger partial charge in [0.15, 0.2) is 0 Å². The molecule has 7 heteroatoms. The lowest BCUT2D eigenvalue weighted by atomic mass is 10.0. The highest BCUT2D eigenvalue weighted by Gasteiger charge is 2.33. The Hall–Kier alpha value is -2.02. The van der Waals surface area contributed by atoms with Gasteiger partial charge >= 0.3 is 5.97 Å². The Morgan fingerprint density at radius 2 is 2.05 bits per heavy atom. The molecular weight excluding hydrogens is 262 g/mol. The molecule has 0 saturated carbocycles. The summed E-state index contributed by atoms with van der Waals surface area (Å²) >= 11 is 0. The van der Waals surface area contributed by atoms with Crippen LogP contribution in [-0.2, 0) is 11.3 Å². The summed E-state index contributed by atoms with van der Waals surface area (Å²) in [6.45, 7) is 6.65. The van der Waals surface area contributed by atoms with Gasteiger partial charge in [-0.05, 0) is 34.7 Å². The molecule has 0 unspecified atom stereocenters. The van der Waals surface area contributed by atoms with Crippen LogP contribution in [0.5, 0.6) is 0 Å². The fourth-order valence-electron chi connectivity index (χ4n) is 1.79. The minimum atomic E-state index is -1.08. The molecule has 0 aliphatic heterocycles. The average molecular weight is 281 g/mol. The van der Waals surface area contributed by atoms with Crippen LogP contribution < -0.4 is 0 Å². The number of rotatable bonds is 5. The van der Waals surface area contributed by atoms with Crippen molar-refractivity contribution in [1.29, 1.82) is 0 Å². The number of carboxylic acid groups (broad SMARTS) is 1. The Bertz CT molecular complexity index is 555. The predicted molar refractivity (Wildman–Crippen MR) is 73.5 cm³/mol. The Balaban J connectivity index is 3.15. The lowest BCUT2D eigenvalue weighted by molar-refractivity contribution is -0.386. The molecule has 1 heterocycles. The summed E-state index contributed by atoms with van der Waals surface area (Å²) in [7, 11) is 1.65. The van der Waals surface area contributed by atoms with Gasteiger partial charge in [-0.15, -0.1) is 0 Å². The molecule has 0 fully saturated rings. The lowest BCUT2D eigenvalue weighted by Crippen LogP contribution is -2.47. The van der Waals surface area contributed by atoms with Crippen LogP contribution in [-0.4, -0.2) is 38.5 Å². The monoisotopic (exact) mass is 281 g/mol. The van der Waals surface area contributed by atoms with Crippen LogP contribution in [0.3, 0.4) is 0 Å². The molecule has 0 spiro atoms. The number of hydrogen-bond donors (Lipinski definition) is 1. The van der Waals surface area contributed by atoms with E-state index in [-0.39, 0.29) is 12.2 Å². The second kappa shape index (κ2) is 5.54. The van der Waals surface area contributed by atoms with Gasteiger partial charge in [-0.2, -0.15) is 0 Å². The molecule has 0 saturated heterocycles. The van der Waals surface area contributed by atoms with Crippen molar-refractivity contribution in [2.75, 3.05) is 7.05 Å². The summed E-state index contributed by atoms with van der Waals surface area (Å²) in [5.74, 6) is -0.959. The number of aliphatic carboxylic acids is 1. The first kappa shape index (κ1) is 16.0. The molecule has 0 radical (unpaired) electrons. The first-order chi connectivity index (χ1) is 9.09. The minimum Gasteiger partial charge on any atom is -0.480 e. The quantitative estimate of drug-likeness (QED) is 0.654. The van der Waals surface area contributed by atoms with E-state index in [4.69, 9.17) is 0 Å². The van der Waals surface area contributed by atoms with E-state index in [0.717, 1.165) is 0 Å². The Kier molecular flexibility index (Phi) is 4.44.